The average Bonchev–Trinajstić information content (AvgIpc) is 3.65. The molecule has 0 fully saturated rings. The zero-order chi connectivity index (χ0) is 34.0. The van der Waals surface area contributed by atoms with Crippen LogP contribution in [-0.4, -0.2) is 48.6 Å². The van der Waals surface area contributed by atoms with Crippen LogP contribution < -0.4 is 14.5 Å². The largest absolute Gasteiger partial charge is 0.543 e. The maximum atomic E-state index is 13.3. The molecular weight excluding hydrogens is 714 g/mol. The molecule has 16 heteroatoms. The Morgan fingerprint density at radius 2 is 1.87 bits per heavy atom. The molecule has 0 aliphatic carbocycles. The molecule has 0 amide bonds. The van der Waals surface area contributed by atoms with Crippen molar-refractivity contribution in [3.8, 4) is 22.8 Å². The lowest BCUT2D eigenvalue weighted by atomic mass is 9.97. The van der Waals surface area contributed by atoms with Crippen LogP contribution in [0.3, 0.4) is 0 Å². The Morgan fingerprint density at radius 1 is 1.20 bits per heavy atom. The number of hydrogen-bond donors (Lipinski definition) is 2. The summed E-state index contributed by atoms with van der Waals surface area (Å²) in [5, 5.41) is 20.1. The van der Waals surface area contributed by atoms with Crippen LogP contribution in [0.4, 0.5) is 10.8 Å². The van der Waals surface area contributed by atoms with Crippen molar-refractivity contribution in [1.29, 1.82) is 0 Å². The number of aryl methyl sites for hydroxylation is 1. The molecule has 2 heterocycles. The van der Waals surface area contributed by atoms with E-state index in [9.17, 15) is 14.9 Å². The zero-order valence-electron chi connectivity index (χ0n) is 26.7. The first-order valence-electron chi connectivity index (χ1n) is 14.2. The van der Waals surface area contributed by atoms with Gasteiger partial charge in [-0.15, -0.1) is 11.3 Å². The monoisotopic (exact) mass is 749 g/mol. The number of benzene rings is 2. The molecule has 1 unspecified atom stereocenters. The molecule has 0 aliphatic rings. The van der Waals surface area contributed by atoms with Gasteiger partial charge in [-0.05, 0) is 59.5 Å². The fourth-order valence-electron chi connectivity index (χ4n) is 4.31. The second-order valence-corrected chi connectivity index (χ2v) is 19.0. The summed E-state index contributed by atoms with van der Waals surface area (Å²) in [6.45, 7) is 12.3. The first-order chi connectivity index (χ1) is 21.6. The second-order valence-electron chi connectivity index (χ2n) is 12.0. The van der Waals surface area contributed by atoms with Crippen LogP contribution in [0, 0.1) is 17.0 Å². The van der Waals surface area contributed by atoms with Gasteiger partial charge in [0.2, 0.25) is 14.2 Å². The fourth-order valence-corrected chi connectivity index (χ4v) is 7.23. The van der Waals surface area contributed by atoms with Crippen LogP contribution in [0.1, 0.15) is 66.1 Å². The van der Waals surface area contributed by atoms with E-state index < -0.39 is 30.5 Å². The topological polar surface area (TPSA) is 152 Å². The Kier molecular flexibility index (Phi) is 10.9. The van der Waals surface area contributed by atoms with Crippen molar-refractivity contribution in [2.24, 2.45) is 0 Å². The third kappa shape index (κ3) is 7.73. The van der Waals surface area contributed by atoms with E-state index in [1.807, 2.05) is 5.38 Å². The van der Waals surface area contributed by atoms with E-state index in [1.54, 1.807) is 25.1 Å². The Hall–Kier alpha value is -3.47. The summed E-state index contributed by atoms with van der Waals surface area (Å²) in [6, 6.07) is 7.37. The van der Waals surface area contributed by atoms with Crippen LogP contribution in [0.25, 0.3) is 11.3 Å². The second kappa shape index (κ2) is 14.1. The van der Waals surface area contributed by atoms with Gasteiger partial charge in [-0.3, -0.25) is 10.1 Å². The number of rotatable bonds is 12. The molecule has 0 radical (unpaired) electrons. The Labute approximate surface area is 286 Å². The number of nitro benzene ring substituents is 1. The van der Waals surface area contributed by atoms with Gasteiger partial charge in [0.25, 0.3) is 5.69 Å². The standard InChI is InChI=1S/C30H36BrN5O7S2Si/c1-16-32-27(42-35-16)19(33-29-34-20(15-45-29)17-9-11-18(12-10-17)36(38)39)13-23(44)24-21(43-46(7,8)30(2,3)4)14-22(40-5)26(31)25(24)28(37)41-6/h9-12,14-15,19,23,44H,13H2,1-8H3,(H,33,34)/t19?,23-/m1/s1. The van der Waals surface area contributed by atoms with Gasteiger partial charge < -0.3 is 23.7 Å². The molecule has 4 aromatic rings. The number of ether oxygens (including phenoxy) is 2. The summed E-state index contributed by atoms with van der Waals surface area (Å²) in [4.78, 5) is 33.1. The van der Waals surface area contributed by atoms with Gasteiger partial charge in [-0.1, -0.05) is 25.9 Å². The van der Waals surface area contributed by atoms with Crippen molar-refractivity contribution < 1.29 is 28.1 Å². The minimum Gasteiger partial charge on any atom is -0.543 e. The summed E-state index contributed by atoms with van der Waals surface area (Å²) in [5.74, 6) is 1.07. The Balaban J connectivity index is 1.75. The number of esters is 1. The maximum Gasteiger partial charge on any atom is 0.339 e. The number of hydrogen-bond acceptors (Lipinski definition) is 13. The smallest absolute Gasteiger partial charge is 0.339 e. The minimum atomic E-state index is -2.40. The number of thiazole rings is 1. The van der Waals surface area contributed by atoms with Gasteiger partial charge in [0, 0.05) is 40.0 Å². The van der Waals surface area contributed by atoms with Gasteiger partial charge in [0.15, 0.2) is 11.0 Å². The van der Waals surface area contributed by atoms with Crippen LogP contribution in [0.5, 0.6) is 11.5 Å². The lowest BCUT2D eigenvalue weighted by Crippen LogP contribution is -2.44. The van der Waals surface area contributed by atoms with Crippen LogP contribution >= 0.6 is 39.9 Å². The number of nitrogens with zero attached hydrogens (tertiary/aromatic N) is 4. The van der Waals surface area contributed by atoms with Gasteiger partial charge in [0.1, 0.15) is 17.5 Å². The summed E-state index contributed by atoms with van der Waals surface area (Å²) in [6.07, 6.45) is 0.272. The van der Waals surface area contributed by atoms with Gasteiger partial charge in [-0.25, -0.2) is 9.78 Å². The molecule has 0 saturated heterocycles. The Bertz CT molecular complexity index is 1720. The van der Waals surface area contributed by atoms with Crippen LogP contribution in [0.15, 0.2) is 44.7 Å². The molecule has 246 valence electrons. The van der Waals surface area contributed by atoms with Crippen LogP contribution in [-0.2, 0) is 4.74 Å². The van der Waals surface area contributed by atoms with E-state index in [0.717, 1.165) is 5.56 Å². The average molecular weight is 751 g/mol. The molecule has 46 heavy (non-hydrogen) atoms. The number of carbonyl (C=O) groups is 1. The van der Waals surface area contributed by atoms with Crippen molar-refractivity contribution in [1.82, 2.24) is 15.1 Å². The predicted molar refractivity (Wildman–Crippen MR) is 186 cm³/mol. The lowest BCUT2D eigenvalue weighted by Gasteiger charge is -2.38. The molecular formula is C30H36BrN5O7S2Si. The summed E-state index contributed by atoms with van der Waals surface area (Å²) < 4.78 is 23.6. The number of anilines is 1. The van der Waals surface area contributed by atoms with Crippen molar-refractivity contribution in [2.75, 3.05) is 19.5 Å². The minimum absolute atomic E-state index is 0.00243. The number of methoxy groups -OCH3 is 2. The highest BCUT2D eigenvalue weighted by molar-refractivity contribution is 9.10. The number of carbonyl (C=O) groups excluding carboxylic acids is 1. The fraction of sp³-hybridized carbons (Fsp3) is 0.400. The number of nitrogens with one attached hydrogen (secondary N) is 1. The third-order valence-corrected chi connectivity index (χ3v) is 14.2. The lowest BCUT2D eigenvalue weighted by molar-refractivity contribution is -0.384. The number of nitro groups is 1. The van der Waals surface area contributed by atoms with E-state index in [-0.39, 0.29) is 22.7 Å². The molecule has 12 nitrogen and oxygen atoms in total. The first-order valence-corrected chi connectivity index (χ1v) is 19.3. The van der Waals surface area contributed by atoms with Crippen LogP contribution in [0.2, 0.25) is 18.1 Å². The van der Waals surface area contributed by atoms with E-state index in [1.165, 1.54) is 37.7 Å². The molecule has 2 atom stereocenters. The molecule has 1 N–H and O–H groups in total. The Morgan fingerprint density at radius 3 is 2.41 bits per heavy atom. The highest BCUT2D eigenvalue weighted by Gasteiger charge is 2.41. The number of thiol groups is 1. The molecule has 0 aliphatic heterocycles. The molecule has 4 rings (SSSR count). The highest BCUT2D eigenvalue weighted by Crippen LogP contribution is 2.48. The molecule has 0 bridgehead atoms. The van der Waals surface area contributed by atoms with E-state index >= 15 is 0 Å². The summed E-state index contributed by atoms with van der Waals surface area (Å²) in [5.41, 5.74) is 2.14. The molecule has 0 spiro atoms. The number of non-ortho nitro benzene ring substituents is 1. The van der Waals surface area contributed by atoms with E-state index in [0.29, 0.717) is 44.1 Å². The normalized spacial score (nSPS) is 13.2. The summed E-state index contributed by atoms with van der Waals surface area (Å²) in [7, 11) is 0.432. The molecule has 2 aromatic carbocycles. The van der Waals surface area contributed by atoms with E-state index in [4.69, 9.17) is 36.0 Å². The van der Waals surface area contributed by atoms with Crippen molar-refractivity contribution in [3.05, 3.63) is 73.1 Å². The molecule has 2 aromatic heterocycles. The first kappa shape index (κ1) is 35.4. The zero-order valence-corrected chi connectivity index (χ0v) is 31.0. The van der Waals surface area contributed by atoms with Crippen molar-refractivity contribution >= 4 is 65.0 Å². The van der Waals surface area contributed by atoms with Gasteiger partial charge >= 0.3 is 5.97 Å². The summed E-state index contributed by atoms with van der Waals surface area (Å²) >= 11 is 9.95. The van der Waals surface area contributed by atoms with Crippen molar-refractivity contribution in [3.63, 3.8) is 0 Å². The maximum absolute atomic E-state index is 13.3. The molecule has 0 saturated carbocycles. The SMILES string of the molecule is COC(=O)c1c(Br)c(OC)cc(O[Si](C)(C)C(C)(C)C)c1[C@H](S)CC(Nc1nc(-c2ccc([N+](=O)[O-])cc2)cs1)c1nc(C)no1. The van der Waals surface area contributed by atoms with Gasteiger partial charge in [0.05, 0.1) is 34.9 Å². The number of halogens is 1. The highest BCUT2D eigenvalue weighted by atomic mass is 79.9. The van der Waals surface area contributed by atoms with Gasteiger partial charge in [-0.2, -0.15) is 17.6 Å². The quantitative estimate of drug-likeness (QED) is 0.0471. The van der Waals surface area contributed by atoms with Crippen molar-refractivity contribution in [2.45, 2.75) is 63.5 Å². The predicted octanol–water partition coefficient (Wildman–Crippen LogP) is 8.57. The number of aromatic nitrogens is 3. The van der Waals surface area contributed by atoms with E-state index in [2.05, 4.69) is 65.3 Å². The third-order valence-electron chi connectivity index (χ3n) is 7.82.